The third-order valence-electron chi connectivity index (χ3n) is 3.22. The number of hydrogen-bond donors (Lipinski definition) is 2. The zero-order valence-corrected chi connectivity index (χ0v) is 11.5. The second-order valence-electron chi connectivity index (χ2n) is 5.46. The summed E-state index contributed by atoms with van der Waals surface area (Å²) < 4.78 is 39.6. The number of carbonyl (C=O) groups is 1. The van der Waals surface area contributed by atoms with Crippen molar-refractivity contribution in [3.63, 3.8) is 0 Å². The van der Waals surface area contributed by atoms with E-state index >= 15 is 0 Å². The molecule has 5 nitrogen and oxygen atoms in total. The summed E-state index contributed by atoms with van der Waals surface area (Å²) in [6.07, 6.45) is -4.46. The van der Waals surface area contributed by atoms with Crippen LogP contribution in [0.4, 0.5) is 19.1 Å². The summed E-state index contributed by atoms with van der Waals surface area (Å²) in [6, 6.07) is 3.19. The number of carbonyl (C=O) groups excluding carboxylic acids is 1. The van der Waals surface area contributed by atoms with Crippen molar-refractivity contribution in [2.45, 2.75) is 32.0 Å². The van der Waals surface area contributed by atoms with E-state index in [1.54, 1.807) is 13.8 Å². The lowest BCUT2D eigenvalue weighted by molar-refractivity contribution is -0.137. The van der Waals surface area contributed by atoms with E-state index in [1.165, 1.54) is 10.6 Å². The fourth-order valence-electron chi connectivity index (χ4n) is 2.42. The molecule has 21 heavy (non-hydrogen) atoms. The Balaban J connectivity index is 2.61. The van der Waals surface area contributed by atoms with Crippen LogP contribution in [-0.4, -0.2) is 15.5 Å². The van der Waals surface area contributed by atoms with E-state index in [2.05, 4.69) is 4.98 Å². The van der Waals surface area contributed by atoms with Crippen molar-refractivity contribution >= 4 is 22.9 Å². The van der Waals surface area contributed by atoms with E-state index in [1.807, 2.05) is 0 Å². The Morgan fingerprint density at radius 3 is 2.48 bits per heavy atom. The smallest absolute Gasteiger partial charge is 0.370 e. The molecule has 0 unspecified atom stereocenters. The average molecular weight is 300 g/mol. The Kier molecular flexibility index (Phi) is 3.35. The van der Waals surface area contributed by atoms with Gasteiger partial charge in [-0.1, -0.05) is 0 Å². The molecule has 1 amide bonds. The number of anilines is 1. The maximum atomic E-state index is 12.7. The first-order valence-electron chi connectivity index (χ1n) is 6.16. The van der Waals surface area contributed by atoms with Crippen LogP contribution in [0.1, 0.15) is 25.8 Å². The molecule has 0 fully saturated rings. The highest BCUT2D eigenvalue weighted by atomic mass is 19.4. The van der Waals surface area contributed by atoms with E-state index in [4.69, 9.17) is 11.5 Å². The van der Waals surface area contributed by atoms with Crippen molar-refractivity contribution in [1.82, 2.24) is 9.55 Å². The van der Waals surface area contributed by atoms with Gasteiger partial charge in [0.05, 0.1) is 22.1 Å². The summed E-state index contributed by atoms with van der Waals surface area (Å²) in [4.78, 5) is 15.1. The molecule has 1 aromatic heterocycles. The Bertz CT molecular complexity index is 703. The minimum Gasteiger partial charge on any atom is -0.370 e. The van der Waals surface area contributed by atoms with Gasteiger partial charge in [-0.15, -0.1) is 0 Å². The number of rotatable bonds is 3. The van der Waals surface area contributed by atoms with E-state index in [-0.39, 0.29) is 17.9 Å². The molecule has 0 bridgehead atoms. The molecule has 8 heteroatoms. The third-order valence-corrected chi connectivity index (χ3v) is 3.22. The van der Waals surface area contributed by atoms with E-state index in [0.717, 1.165) is 12.1 Å². The molecule has 0 saturated carbocycles. The number of nitrogen functional groups attached to an aromatic ring is 1. The minimum atomic E-state index is -4.45. The van der Waals surface area contributed by atoms with Gasteiger partial charge in [-0.3, -0.25) is 4.79 Å². The summed E-state index contributed by atoms with van der Waals surface area (Å²) in [5.74, 6) is -0.497. The lowest BCUT2D eigenvalue weighted by Crippen LogP contribution is -2.33. The molecule has 0 atom stereocenters. The molecule has 0 aliphatic carbocycles. The van der Waals surface area contributed by atoms with Gasteiger partial charge >= 0.3 is 6.18 Å². The summed E-state index contributed by atoms with van der Waals surface area (Å²) in [7, 11) is 0. The van der Waals surface area contributed by atoms with Crippen LogP contribution < -0.4 is 11.5 Å². The van der Waals surface area contributed by atoms with Gasteiger partial charge in [0.1, 0.15) is 0 Å². The van der Waals surface area contributed by atoms with E-state index < -0.39 is 23.2 Å². The number of aromatic nitrogens is 2. The van der Waals surface area contributed by atoms with Crippen LogP contribution in [-0.2, 0) is 16.5 Å². The second-order valence-corrected chi connectivity index (χ2v) is 5.46. The topological polar surface area (TPSA) is 86.9 Å². The standard InChI is InChI=1S/C13H15F3N4O/c1-12(2,6-10(17)21)20-9-4-3-7(13(14,15)16)5-8(9)19-11(20)18/h3-5H,6H2,1-2H3,(H2,17,21)(H2,18,19). The van der Waals surface area contributed by atoms with Crippen LogP contribution in [0, 0.1) is 0 Å². The number of fused-ring (bicyclic) bond motifs is 1. The van der Waals surface area contributed by atoms with Crippen molar-refractivity contribution in [1.29, 1.82) is 0 Å². The molecule has 0 aliphatic rings. The van der Waals surface area contributed by atoms with Crippen LogP contribution in [0.2, 0.25) is 0 Å². The van der Waals surface area contributed by atoms with Crippen LogP contribution in [0.3, 0.4) is 0 Å². The summed E-state index contributed by atoms with van der Waals surface area (Å²) >= 11 is 0. The number of halogens is 3. The van der Waals surface area contributed by atoms with Crippen LogP contribution in [0.25, 0.3) is 11.0 Å². The predicted octanol–water partition coefficient (Wildman–Crippen LogP) is 2.25. The highest BCUT2D eigenvalue weighted by molar-refractivity contribution is 5.81. The van der Waals surface area contributed by atoms with Crippen LogP contribution in [0.5, 0.6) is 0 Å². The largest absolute Gasteiger partial charge is 0.416 e. The molecule has 1 heterocycles. The number of benzene rings is 1. The van der Waals surface area contributed by atoms with E-state index in [9.17, 15) is 18.0 Å². The predicted molar refractivity (Wildman–Crippen MR) is 72.3 cm³/mol. The van der Waals surface area contributed by atoms with Crippen molar-refractivity contribution in [2.75, 3.05) is 5.73 Å². The van der Waals surface area contributed by atoms with Gasteiger partial charge in [-0.2, -0.15) is 13.2 Å². The molecule has 2 aromatic rings. The summed E-state index contributed by atoms with van der Waals surface area (Å²) in [5.41, 5.74) is 9.95. The average Bonchev–Trinajstić information content (AvgIpc) is 2.61. The highest BCUT2D eigenvalue weighted by Crippen LogP contribution is 2.34. The molecule has 1 aromatic carbocycles. The molecular weight excluding hydrogens is 285 g/mol. The van der Waals surface area contributed by atoms with Gasteiger partial charge in [0, 0.05) is 6.42 Å². The number of imidazole rings is 1. The number of primary amides is 1. The maximum absolute atomic E-state index is 12.7. The first-order valence-corrected chi connectivity index (χ1v) is 6.16. The van der Waals surface area contributed by atoms with Crippen molar-refractivity contribution in [2.24, 2.45) is 5.73 Å². The fourth-order valence-corrected chi connectivity index (χ4v) is 2.42. The van der Waals surface area contributed by atoms with Crippen molar-refractivity contribution in [3.8, 4) is 0 Å². The highest BCUT2D eigenvalue weighted by Gasteiger charge is 2.32. The second kappa shape index (κ2) is 4.64. The molecule has 114 valence electrons. The fraction of sp³-hybridized carbons (Fsp3) is 0.385. The molecule has 2 rings (SSSR count). The number of amides is 1. The first kappa shape index (κ1) is 15.1. The summed E-state index contributed by atoms with van der Waals surface area (Å²) in [6.45, 7) is 3.43. The van der Waals surface area contributed by atoms with Gasteiger partial charge in [-0.25, -0.2) is 4.98 Å². The zero-order valence-electron chi connectivity index (χ0n) is 11.5. The normalized spacial score (nSPS) is 12.8. The molecular formula is C13H15F3N4O. The third kappa shape index (κ3) is 2.79. The number of hydrogen-bond acceptors (Lipinski definition) is 3. The van der Waals surface area contributed by atoms with Crippen LogP contribution >= 0.6 is 0 Å². The van der Waals surface area contributed by atoms with Crippen molar-refractivity contribution < 1.29 is 18.0 Å². The zero-order chi connectivity index (χ0) is 16.0. The van der Waals surface area contributed by atoms with Gasteiger partial charge < -0.3 is 16.0 Å². The van der Waals surface area contributed by atoms with Gasteiger partial charge in [0.2, 0.25) is 11.9 Å². The van der Waals surface area contributed by atoms with Gasteiger partial charge in [0.15, 0.2) is 0 Å². The lowest BCUT2D eigenvalue weighted by Gasteiger charge is -2.27. The summed E-state index contributed by atoms with van der Waals surface area (Å²) in [5, 5.41) is 0. The quantitative estimate of drug-likeness (QED) is 0.911. The number of nitrogens with two attached hydrogens (primary N) is 2. The Morgan fingerprint density at radius 1 is 1.33 bits per heavy atom. The van der Waals surface area contributed by atoms with Gasteiger partial charge in [-0.05, 0) is 32.0 Å². The maximum Gasteiger partial charge on any atom is 0.416 e. The Labute approximate surface area is 118 Å². The monoisotopic (exact) mass is 300 g/mol. The van der Waals surface area contributed by atoms with Gasteiger partial charge in [0.25, 0.3) is 0 Å². The number of alkyl halides is 3. The van der Waals surface area contributed by atoms with Crippen LogP contribution in [0.15, 0.2) is 18.2 Å². The number of nitrogens with zero attached hydrogens (tertiary/aromatic N) is 2. The molecule has 0 aliphatic heterocycles. The molecule has 0 saturated heterocycles. The first-order chi connectivity index (χ1) is 9.52. The molecule has 0 radical (unpaired) electrons. The molecule has 0 spiro atoms. The minimum absolute atomic E-state index is 0.0102. The molecule has 4 N–H and O–H groups in total. The van der Waals surface area contributed by atoms with Crippen molar-refractivity contribution in [3.05, 3.63) is 23.8 Å². The van der Waals surface area contributed by atoms with E-state index in [0.29, 0.717) is 5.52 Å². The Hall–Kier alpha value is -2.25. The lowest BCUT2D eigenvalue weighted by atomic mass is 9.99. The SMILES string of the molecule is CC(C)(CC(N)=O)n1c(N)nc2cc(C(F)(F)F)ccc21. The Morgan fingerprint density at radius 2 is 1.95 bits per heavy atom.